The lowest BCUT2D eigenvalue weighted by atomic mass is 9.98. The van der Waals surface area contributed by atoms with Crippen LogP contribution in [0, 0.1) is 18.6 Å². The molecule has 0 aromatic heterocycles. The zero-order valence-corrected chi connectivity index (χ0v) is 11.6. The summed E-state index contributed by atoms with van der Waals surface area (Å²) in [5.74, 6) is -2.62. The number of hydrogen-bond donors (Lipinski definition) is 0. The van der Waals surface area contributed by atoms with Gasteiger partial charge in [-0.25, -0.2) is 8.78 Å². The van der Waals surface area contributed by atoms with Gasteiger partial charge in [-0.3, -0.25) is 4.79 Å². The van der Waals surface area contributed by atoms with Gasteiger partial charge in [0, 0.05) is 22.7 Å². The summed E-state index contributed by atoms with van der Waals surface area (Å²) >= 11 is 5.79. The summed E-state index contributed by atoms with van der Waals surface area (Å²) < 4.78 is 32.5. The summed E-state index contributed by atoms with van der Waals surface area (Å²) in [5, 5.41) is 0.453. The van der Waals surface area contributed by atoms with Crippen molar-refractivity contribution in [3.05, 3.63) is 63.7 Å². The minimum atomic E-state index is -0.957. The molecule has 0 N–H and O–H groups in total. The van der Waals surface area contributed by atoms with Gasteiger partial charge in [0.05, 0.1) is 12.7 Å². The Hall–Kier alpha value is -1.94. The zero-order valence-electron chi connectivity index (χ0n) is 10.8. The van der Waals surface area contributed by atoms with E-state index in [4.69, 9.17) is 16.3 Å². The number of hydrogen-bond acceptors (Lipinski definition) is 2. The van der Waals surface area contributed by atoms with Crippen molar-refractivity contribution in [2.45, 2.75) is 6.92 Å². The van der Waals surface area contributed by atoms with E-state index in [0.29, 0.717) is 10.6 Å². The van der Waals surface area contributed by atoms with Crippen molar-refractivity contribution in [3.63, 3.8) is 0 Å². The van der Waals surface area contributed by atoms with Gasteiger partial charge in [0.15, 0.2) is 5.78 Å². The van der Waals surface area contributed by atoms with Crippen LogP contribution in [0.3, 0.4) is 0 Å². The van der Waals surface area contributed by atoms with Crippen molar-refractivity contribution in [1.29, 1.82) is 0 Å². The van der Waals surface area contributed by atoms with Gasteiger partial charge in [0.1, 0.15) is 17.4 Å². The molecule has 104 valence electrons. The summed E-state index contributed by atoms with van der Waals surface area (Å²) in [6.07, 6.45) is 0. The minimum Gasteiger partial charge on any atom is -0.497 e. The van der Waals surface area contributed by atoms with Crippen LogP contribution >= 0.6 is 11.6 Å². The first-order valence-corrected chi connectivity index (χ1v) is 6.15. The Bertz CT molecular complexity index is 661. The van der Waals surface area contributed by atoms with E-state index in [1.807, 2.05) is 0 Å². The number of ether oxygens (including phenoxy) is 1. The summed E-state index contributed by atoms with van der Waals surface area (Å²) in [6.45, 7) is 1.65. The Morgan fingerprint density at radius 3 is 2.25 bits per heavy atom. The average Bonchev–Trinajstić information content (AvgIpc) is 2.37. The SMILES string of the molecule is COc1cc(F)c(C(=O)c2ccc(Cl)cc2C)c(F)c1. The van der Waals surface area contributed by atoms with Gasteiger partial charge in [-0.1, -0.05) is 11.6 Å². The lowest BCUT2D eigenvalue weighted by molar-refractivity contribution is 0.103. The number of rotatable bonds is 3. The molecule has 0 saturated heterocycles. The largest absolute Gasteiger partial charge is 0.497 e. The molecule has 0 bridgehead atoms. The average molecular weight is 297 g/mol. The molecule has 0 atom stereocenters. The molecule has 0 aliphatic heterocycles. The Balaban J connectivity index is 2.54. The van der Waals surface area contributed by atoms with Gasteiger partial charge >= 0.3 is 0 Å². The van der Waals surface area contributed by atoms with Crippen molar-refractivity contribution in [2.75, 3.05) is 7.11 Å². The molecular formula is C15H11ClF2O2. The zero-order chi connectivity index (χ0) is 14.9. The molecule has 0 aliphatic rings. The first kappa shape index (κ1) is 14.5. The topological polar surface area (TPSA) is 26.3 Å². The van der Waals surface area contributed by atoms with Crippen molar-refractivity contribution >= 4 is 17.4 Å². The van der Waals surface area contributed by atoms with Crippen molar-refractivity contribution in [1.82, 2.24) is 0 Å². The molecule has 2 nitrogen and oxygen atoms in total. The smallest absolute Gasteiger partial charge is 0.199 e. The van der Waals surface area contributed by atoms with Crippen LogP contribution in [0.5, 0.6) is 5.75 Å². The van der Waals surface area contributed by atoms with E-state index in [2.05, 4.69) is 0 Å². The molecule has 5 heteroatoms. The lowest BCUT2D eigenvalue weighted by Gasteiger charge is -2.09. The van der Waals surface area contributed by atoms with Gasteiger partial charge in [-0.2, -0.15) is 0 Å². The van der Waals surface area contributed by atoms with Gasteiger partial charge in [-0.05, 0) is 30.7 Å². The molecule has 0 fully saturated rings. The number of carbonyl (C=O) groups excluding carboxylic acids is 1. The molecule has 0 spiro atoms. The number of ketones is 1. The lowest BCUT2D eigenvalue weighted by Crippen LogP contribution is -2.09. The number of carbonyl (C=O) groups is 1. The van der Waals surface area contributed by atoms with Crippen LogP contribution in [0.4, 0.5) is 8.78 Å². The third-order valence-corrected chi connectivity index (χ3v) is 3.15. The highest BCUT2D eigenvalue weighted by Gasteiger charge is 2.21. The molecule has 20 heavy (non-hydrogen) atoms. The molecule has 2 aromatic carbocycles. The Morgan fingerprint density at radius 1 is 1.15 bits per heavy atom. The fourth-order valence-electron chi connectivity index (χ4n) is 1.90. The highest BCUT2D eigenvalue weighted by Crippen LogP contribution is 2.25. The quantitative estimate of drug-likeness (QED) is 0.795. The number of benzene rings is 2. The van der Waals surface area contributed by atoms with E-state index in [0.717, 1.165) is 12.1 Å². The fourth-order valence-corrected chi connectivity index (χ4v) is 2.13. The highest BCUT2D eigenvalue weighted by atomic mass is 35.5. The molecule has 2 aromatic rings. The summed E-state index contributed by atoms with van der Waals surface area (Å²) in [7, 11) is 1.29. The third-order valence-electron chi connectivity index (χ3n) is 2.91. The Labute approximate surface area is 119 Å². The first-order chi connectivity index (χ1) is 9.43. The van der Waals surface area contributed by atoms with Gasteiger partial charge in [0.25, 0.3) is 0 Å². The second-order valence-electron chi connectivity index (χ2n) is 4.25. The van der Waals surface area contributed by atoms with Gasteiger partial charge < -0.3 is 4.74 Å². The van der Waals surface area contributed by atoms with Crippen molar-refractivity contribution < 1.29 is 18.3 Å². The van der Waals surface area contributed by atoms with Crippen LogP contribution in [0.25, 0.3) is 0 Å². The predicted octanol–water partition coefficient (Wildman–Crippen LogP) is 4.17. The standard InChI is InChI=1S/C15H11ClF2O2/c1-8-5-9(16)3-4-11(8)15(19)14-12(17)6-10(20-2)7-13(14)18/h3-7H,1-2H3. The summed E-state index contributed by atoms with van der Waals surface area (Å²) in [4.78, 5) is 12.3. The van der Waals surface area contributed by atoms with Gasteiger partial charge in [-0.15, -0.1) is 0 Å². The van der Waals surface area contributed by atoms with Gasteiger partial charge in [0.2, 0.25) is 0 Å². The second-order valence-corrected chi connectivity index (χ2v) is 4.69. The molecule has 0 amide bonds. The predicted molar refractivity (Wildman–Crippen MR) is 72.5 cm³/mol. The second kappa shape index (κ2) is 5.59. The monoisotopic (exact) mass is 296 g/mol. The number of halogens is 3. The van der Waals surface area contributed by atoms with E-state index in [-0.39, 0.29) is 11.3 Å². The highest BCUT2D eigenvalue weighted by molar-refractivity contribution is 6.30. The van der Waals surface area contributed by atoms with E-state index in [9.17, 15) is 13.6 Å². The summed E-state index contributed by atoms with van der Waals surface area (Å²) in [6, 6.07) is 6.46. The van der Waals surface area contributed by atoms with E-state index in [1.54, 1.807) is 13.0 Å². The maximum atomic E-state index is 13.9. The molecule has 0 unspecified atom stereocenters. The van der Waals surface area contributed by atoms with Crippen LogP contribution in [0.2, 0.25) is 5.02 Å². The molecule has 0 heterocycles. The fraction of sp³-hybridized carbons (Fsp3) is 0.133. The normalized spacial score (nSPS) is 10.4. The molecule has 0 aliphatic carbocycles. The Kier molecular flexibility index (Phi) is 4.04. The molecule has 2 rings (SSSR count). The Morgan fingerprint density at radius 2 is 1.75 bits per heavy atom. The first-order valence-electron chi connectivity index (χ1n) is 5.78. The van der Waals surface area contributed by atoms with Crippen LogP contribution < -0.4 is 4.74 Å². The third kappa shape index (κ3) is 2.65. The number of methoxy groups -OCH3 is 1. The van der Waals surface area contributed by atoms with Crippen LogP contribution in [-0.2, 0) is 0 Å². The maximum Gasteiger partial charge on any atom is 0.199 e. The molecular weight excluding hydrogens is 286 g/mol. The summed E-state index contributed by atoms with van der Waals surface area (Å²) in [5.41, 5.74) is 0.158. The number of aryl methyl sites for hydroxylation is 1. The van der Waals surface area contributed by atoms with Crippen LogP contribution in [0.1, 0.15) is 21.5 Å². The van der Waals surface area contributed by atoms with Crippen molar-refractivity contribution in [2.24, 2.45) is 0 Å². The van der Waals surface area contributed by atoms with E-state index < -0.39 is 23.0 Å². The molecule has 0 radical (unpaired) electrons. The minimum absolute atomic E-state index is 0.0179. The molecule has 0 saturated carbocycles. The van der Waals surface area contributed by atoms with Crippen LogP contribution in [-0.4, -0.2) is 12.9 Å². The maximum absolute atomic E-state index is 13.9. The van der Waals surface area contributed by atoms with Crippen LogP contribution in [0.15, 0.2) is 30.3 Å². The van der Waals surface area contributed by atoms with E-state index >= 15 is 0 Å². The van der Waals surface area contributed by atoms with Crippen molar-refractivity contribution in [3.8, 4) is 5.75 Å². The van der Waals surface area contributed by atoms with E-state index in [1.165, 1.54) is 19.2 Å².